The predicted molar refractivity (Wildman–Crippen MR) is 223 cm³/mol. The minimum Gasteiger partial charge on any atom is -0.449 e. The Balaban J connectivity index is 1.34. The summed E-state index contributed by atoms with van der Waals surface area (Å²) in [6.07, 6.45) is -1.14. The maximum atomic E-state index is 16.0. The van der Waals surface area contributed by atoms with E-state index in [9.17, 15) is 27.6 Å². The normalized spacial score (nSPS) is 13.6. The van der Waals surface area contributed by atoms with Crippen molar-refractivity contribution in [2.45, 2.75) is 102 Å². The molecule has 4 amide bonds. The first kappa shape index (κ1) is 45.2. The number of pyridine rings is 1. The summed E-state index contributed by atoms with van der Waals surface area (Å²) in [5.74, 6) is -3.07. The number of ether oxygens (including phenoxy) is 3. The molecular weight excluding hydrogens is 801 g/mol. The van der Waals surface area contributed by atoms with Gasteiger partial charge in [0.15, 0.2) is 15.7 Å². The van der Waals surface area contributed by atoms with Crippen molar-refractivity contribution in [1.29, 1.82) is 0 Å². The Hall–Kier alpha value is -5.84. The van der Waals surface area contributed by atoms with Crippen molar-refractivity contribution in [2.24, 2.45) is 0 Å². The van der Waals surface area contributed by atoms with Gasteiger partial charge in [-0.25, -0.2) is 36.6 Å². The molecule has 17 heteroatoms. The zero-order valence-electron chi connectivity index (χ0n) is 35.1. The number of carbonyl (C=O) groups is 4. The first-order valence-electron chi connectivity index (χ1n) is 19.3. The maximum absolute atomic E-state index is 16.0. The average Bonchev–Trinajstić information content (AvgIpc) is 3.98. The molecule has 322 valence electrons. The summed E-state index contributed by atoms with van der Waals surface area (Å²) in [5, 5.41) is 4.56. The fourth-order valence-corrected chi connectivity index (χ4v) is 8.24. The Bertz CT molecular complexity index is 2380. The third-order valence-corrected chi connectivity index (χ3v) is 11.6. The number of hydrogen-bond acceptors (Lipinski definition) is 11. The van der Waals surface area contributed by atoms with Gasteiger partial charge in [0.2, 0.25) is 5.91 Å². The molecule has 0 aliphatic heterocycles. The number of aromatic nitrogens is 1. The van der Waals surface area contributed by atoms with E-state index in [1.807, 2.05) is 38.1 Å². The molecule has 0 saturated heterocycles. The molecule has 5 rings (SSSR count). The molecule has 2 N–H and O–H groups in total. The van der Waals surface area contributed by atoms with Crippen LogP contribution in [-0.4, -0.2) is 79.1 Å². The van der Waals surface area contributed by atoms with Crippen LogP contribution in [0.4, 0.5) is 40.4 Å². The minimum absolute atomic E-state index is 0.0280. The molecule has 4 aromatic rings. The Kier molecular flexibility index (Phi) is 13.4. The summed E-state index contributed by atoms with van der Waals surface area (Å²) in [4.78, 5) is 58.1. The summed E-state index contributed by atoms with van der Waals surface area (Å²) in [7, 11) is -2.71. The molecule has 0 bridgehead atoms. The minimum atomic E-state index is -4.10. The lowest BCUT2D eigenvalue weighted by atomic mass is 9.97. The largest absolute Gasteiger partial charge is 0.449 e. The number of hydrogen-bond donors (Lipinski definition) is 2. The zero-order valence-corrected chi connectivity index (χ0v) is 36.0. The fraction of sp³-hybridized carbons (Fsp3) is 0.419. The number of sulfone groups is 1. The van der Waals surface area contributed by atoms with Gasteiger partial charge in [-0.1, -0.05) is 31.2 Å². The Morgan fingerprint density at radius 3 is 2.12 bits per heavy atom. The van der Waals surface area contributed by atoms with E-state index in [4.69, 9.17) is 14.2 Å². The average molecular weight is 852 g/mol. The Labute approximate surface area is 348 Å². The number of halogens is 2. The number of nitrogens with zero attached hydrogens (tertiary/aromatic N) is 3. The third-order valence-electron chi connectivity index (χ3n) is 9.23. The molecule has 1 heterocycles. The number of amides is 4. The van der Waals surface area contributed by atoms with Crippen LogP contribution in [0.25, 0.3) is 10.8 Å². The molecule has 1 aliphatic carbocycles. The van der Waals surface area contributed by atoms with Crippen molar-refractivity contribution in [3.8, 4) is 0 Å². The van der Waals surface area contributed by atoms with Crippen LogP contribution in [0.5, 0.6) is 0 Å². The predicted octanol–water partition coefficient (Wildman–Crippen LogP) is 8.86. The zero-order chi connectivity index (χ0) is 44.3. The SMILES string of the molecule is Cc1ccccc1C(C)COC(=O)Nc1cc(F)c(S(=O)(=O)C2CC2)c(CN(C)C(=O)CNc2cc(F)c3c(N(C(=O)OC(C)(C)C)C(=O)OC(C)(C)C)nccc3c2)c1. The van der Waals surface area contributed by atoms with E-state index in [-0.39, 0.29) is 52.6 Å². The summed E-state index contributed by atoms with van der Waals surface area (Å²) in [6.45, 7) is 12.7. The number of fused-ring (bicyclic) bond motifs is 1. The van der Waals surface area contributed by atoms with E-state index in [1.165, 1.54) is 36.3 Å². The van der Waals surface area contributed by atoms with Crippen LogP contribution in [-0.2, 0) is 35.4 Å². The van der Waals surface area contributed by atoms with Gasteiger partial charge in [0.25, 0.3) is 0 Å². The maximum Gasteiger partial charge on any atom is 0.425 e. The second-order valence-corrected chi connectivity index (χ2v) is 18.9. The number of anilines is 3. The monoisotopic (exact) mass is 851 g/mol. The lowest BCUT2D eigenvalue weighted by molar-refractivity contribution is -0.128. The van der Waals surface area contributed by atoms with Gasteiger partial charge in [0.05, 0.1) is 23.8 Å². The highest BCUT2D eigenvalue weighted by atomic mass is 32.2. The highest BCUT2D eigenvalue weighted by molar-refractivity contribution is 7.92. The van der Waals surface area contributed by atoms with E-state index < -0.39 is 73.6 Å². The first-order chi connectivity index (χ1) is 27.9. The van der Waals surface area contributed by atoms with E-state index in [0.29, 0.717) is 17.7 Å². The van der Waals surface area contributed by atoms with Gasteiger partial charge in [-0.3, -0.25) is 10.1 Å². The van der Waals surface area contributed by atoms with Crippen molar-refractivity contribution >= 4 is 62.0 Å². The molecular formula is C43H51F2N5O9S. The van der Waals surface area contributed by atoms with Crippen molar-refractivity contribution in [3.63, 3.8) is 0 Å². The van der Waals surface area contributed by atoms with E-state index in [2.05, 4.69) is 15.6 Å². The van der Waals surface area contributed by atoms with Gasteiger partial charge in [-0.15, -0.1) is 0 Å². The Morgan fingerprint density at radius 2 is 1.52 bits per heavy atom. The van der Waals surface area contributed by atoms with Crippen molar-refractivity contribution in [1.82, 2.24) is 9.88 Å². The van der Waals surface area contributed by atoms with Crippen LogP contribution >= 0.6 is 0 Å². The van der Waals surface area contributed by atoms with Crippen molar-refractivity contribution < 1.29 is 50.6 Å². The smallest absolute Gasteiger partial charge is 0.425 e. The molecule has 14 nitrogen and oxygen atoms in total. The number of benzene rings is 3. The first-order valence-corrected chi connectivity index (χ1v) is 20.9. The molecule has 3 aromatic carbocycles. The van der Waals surface area contributed by atoms with Crippen LogP contribution in [0.1, 0.15) is 83.9 Å². The number of carbonyl (C=O) groups excluding carboxylic acids is 4. The topological polar surface area (TPSA) is 174 Å². The van der Waals surface area contributed by atoms with Crippen LogP contribution in [0.15, 0.2) is 65.7 Å². The molecule has 1 saturated carbocycles. The van der Waals surface area contributed by atoms with E-state index in [1.54, 1.807) is 41.5 Å². The number of likely N-dealkylation sites (N-methyl/N-ethyl adjacent to an activating group) is 1. The standard InChI is InChI=1S/C43H51F2N5O9S/c1-25-12-10-11-13-32(25)26(2)24-57-39(52)48-30-19-28(37(34(45)21-30)60(55,56)31-14-15-31)23-49(9)35(51)22-47-29-18-27-16-17-46-38(36(27)33(44)20-29)50(40(53)58-42(3,4)5)41(54)59-43(6,7)8/h10-13,16-21,26,31,47H,14-15,22-24H2,1-9H3,(H,48,52). The second-order valence-electron chi connectivity index (χ2n) is 16.8. The van der Waals surface area contributed by atoms with Crippen molar-refractivity contribution in [3.05, 3.63) is 89.1 Å². The van der Waals surface area contributed by atoms with Gasteiger partial charge in [0.1, 0.15) is 27.7 Å². The van der Waals surface area contributed by atoms with Gasteiger partial charge >= 0.3 is 18.3 Å². The molecule has 1 aromatic heterocycles. The molecule has 60 heavy (non-hydrogen) atoms. The summed E-state index contributed by atoms with van der Waals surface area (Å²) < 4.78 is 74.8. The highest BCUT2D eigenvalue weighted by Crippen LogP contribution is 2.38. The van der Waals surface area contributed by atoms with Crippen LogP contribution in [0.3, 0.4) is 0 Å². The fourth-order valence-electron chi connectivity index (χ4n) is 6.33. The molecule has 0 radical (unpaired) electrons. The summed E-state index contributed by atoms with van der Waals surface area (Å²) in [6, 6.07) is 13.8. The van der Waals surface area contributed by atoms with Gasteiger partial charge in [-0.05, 0) is 114 Å². The molecule has 1 fully saturated rings. The Morgan fingerprint density at radius 1 is 0.900 bits per heavy atom. The van der Waals surface area contributed by atoms with Crippen LogP contribution < -0.4 is 15.5 Å². The second kappa shape index (κ2) is 17.8. The molecule has 1 unspecified atom stereocenters. The van der Waals surface area contributed by atoms with E-state index in [0.717, 1.165) is 23.3 Å². The molecule has 1 atom stereocenters. The van der Waals surface area contributed by atoms with Gasteiger partial charge in [0, 0.05) is 37.1 Å². The third kappa shape index (κ3) is 11.2. The number of rotatable bonds is 12. The summed E-state index contributed by atoms with van der Waals surface area (Å²) >= 11 is 0. The van der Waals surface area contributed by atoms with Gasteiger partial charge < -0.3 is 24.4 Å². The lowest BCUT2D eigenvalue weighted by Gasteiger charge is -2.28. The van der Waals surface area contributed by atoms with Crippen LogP contribution in [0.2, 0.25) is 0 Å². The van der Waals surface area contributed by atoms with E-state index >= 15 is 8.78 Å². The molecule has 1 aliphatic rings. The summed E-state index contributed by atoms with van der Waals surface area (Å²) in [5.41, 5.74) is 0.00202. The quantitative estimate of drug-likeness (QED) is 0.130. The number of nitrogens with one attached hydrogen (secondary N) is 2. The van der Waals surface area contributed by atoms with Gasteiger partial charge in [-0.2, -0.15) is 4.90 Å². The highest BCUT2D eigenvalue weighted by Gasteiger charge is 2.40. The molecule has 0 spiro atoms. The lowest BCUT2D eigenvalue weighted by Crippen LogP contribution is -2.44. The number of imide groups is 1. The van der Waals surface area contributed by atoms with Crippen molar-refractivity contribution in [2.75, 3.05) is 35.7 Å². The van der Waals surface area contributed by atoms with Crippen LogP contribution in [0, 0.1) is 18.6 Å². The number of aryl methyl sites for hydroxylation is 1.